The number of carbonyl (C=O) groups is 1. The second-order valence-corrected chi connectivity index (χ2v) is 4.94. The Bertz CT molecular complexity index is 657. The van der Waals surface area contributed by atoms with Gasteiger partial charge in [0, 0.05) is 23.4 Å². The van der Waals surface area contributed by atoms with E-state index < -0.39 is 11.7 Å². The highest BCUT2D eigenvalue weighted by Crippen LogP contribution is 2.29. The molecule has 1 aromatic carbocycles. The molecule has 110 valence electrons. The molecule has 0 N–H and O–H groups in total. The lowest BCUT2D eigenvalue weighted by molar-refractivity contribution is -0.137. The van der Waals surface area contributed by atoms with Crippen molar-refractivity contribution in [1.82, 2.24) is 4.98 Å². The highest BCUT2D eigenvalue weighted by atomic mass is 19.4. The normalized spacial score (nSPS) is 11.5. The zero-order valence-corrected chi connectivity index (χ0v) is 11.7. The Morgan fingerprint density at radius 3 is 2.29 bits per heavy atom. The molecular formula is C16H14F3NO. The third-order valence-corrected chi connectivity index (χ3v) is 3.02. The van der Waals surface area contributed by atoms with E-state index in [1.54, 1.807) is 26.0 Å². The molecular weight excluding hydrogens is 279 g/mol. The van der Waals surface area contributed by atoms with Gasteiger partial charge in [-0.2, -0.15) is 13.2 Å². The van der Waals surface area contributed by atoms with E-state index in [1.165, 1.54) is 12.1 Å². The number of benzene rings is 1. The van der Waals surface area contributed by atoms with E-state index in [2.05, 4.69) is 4.98 Å². The molecule has 0 amide bonds. The van der Waals surface area contributed by atoms with E-state index in [4.69, 9.17) is 0 Å². The number of Topliss-reactive ketones (excluding diaryl/α,β-unsaturated/α-hetero) is 1. The maximum absolute atomic E-state index is 12.6. The van der Waals surface area contributed by atoms with Gasteiger partial charge in [0.2, 0.25) is 0 Å². The molecule has 5 heteroatoms. The molecule has 0 aliphatic carbocycles. The molecule has 0 saturated carbocycles. The number of hydrogen-bond donors (Lipinski definition) is 0. The van der Waals surface area contributed by atoms with Crippen molar-refractivity contribution in [2.45, 2.75) is 26.4 Å². The molecule has 1 heterocycles. The summed E-state index contributed by atoms with van der Waals surface area (Å²) in [4.78, 5) is 16.3. The van der Waals surface area contributed by atoms with Gasteiger partial charge >= 0.3 is 6.18 Å². The molecule has 0 fully saturated rings. The Morgan fingerprint density at radius 1 is 1.10 bits per heavy atom. The van der Waals surface area contributed by atoms with Crippen molar-refractivity contribution in [3.8, 4) is 0 Å². The Hall–Kier alpha value is -2.17. The van der Waals surface area contributed by atoms with Gasteiger partial charge in [-0.25, -0.2) is 0 Å². The second kappa shape index (κ2) is 5.68. The van der Waals surface area contributed by atoms with Crippen LogP contribution in [0.3, 0.4) is 0 Å². The minimum absolute atomic E-state index is 0.0627. The summed E-state index contributed by atoms with van der Waals surface area (Å²) in [7, 11) is 0. The fourth-order valence-electron chi connectivity index (χ4n) is 2.14. The summed E-state index contributed by atoms with van der Waals surface area (Å²) in [6.07, 6.45) is -4.46. The molecule has 0 atom stereocenters. The van der Waals surface area contributed by atoms with Gasteiger partial charge in [0.1, 0.15) is 0 Å². The number of hydrogen-bond acceptors (Lipinski definition) is 2. The lowest BCUT2D eigenvalue weighted by Gasteiger charge is -2.09. The first-order valence-electron chi connectivity index (χ1n) is 6.40. The molecule has 2 nitrogen and oxygen atoms in total. The van der Waals surface area contributed by atoms with Gasteiger partial charge in [-0.3, -0.25) is 9.78 Å². The van der Waals surface area contributed by atoms with Crippen molar-refractivity contribution in [3.05, 3.63) is 64.5 Å². The first-order chi connectivity index (χ1) is 9.75. The molecule has 0 radical (unpaired) electrons. The first-order valence-corrected chi connectivity index (χ1v) is 6.40. The zero-order chi connectivity index (χ0) is 15.6. The topological polar surface area (TPSA) is 30.0 Å². The molecule has 0 bridgehead atoms. The third-order valence-electron chi connectivity index (χ3n) is 3.02. The predicted molar refractivity (Wildman–Crippen MR) is 73.2 cm³/mol. The van der Waals surface area contributed by atoms with Crippen molar-refractivity contribution in [2.75, 3.05) is 0 Å². The maximum Gasteiger partial charge on any atom is 0.416 e. The van der Waals surface area contributed by atoms with Crippen molar-refractivity contribution < 1.29 is 18.0 Å². The maximum atomic E-state index is 12.6. The molecule has 0 aliphatic rings. The van der Waals surface area contributed by atoms with Crippen LogP contribution in [0.1, 0.15) is 32.9 Å². The van der Waals surface area contributed by atoms with E-state index >= 15 is 0 Å². The minimum Gasteiger partial charge on any atom is -0.294 e. The Labute approximate surface area is 120 Å². The Kier molecular flexibility index (Phi) is 4.11. The summed E-state index contributed by atoms with van der Waals surface area (Å²) in [5.74, 6) is -0.220. The van der Waals surface area contributed by atoms with Crippen LogP contribution in [-0.2, 0) is 12.6 Å². The smallest absolute Gasteiger partial charge is 0.294 e. The number of aromatic nitrogens is 1. The van der Waals surface area contributed by atoms with Crippen molar-refractivity contribution in [1.29, 1.82) is 0 Å². The Morgan fingerprint density at radius 2 is 1.71 bits per heavy atom. The molecule has 21 heavy (non-hydrogen) atoms. The monoisotopic (exact) mass is 293 g/mol. The molecule has 2 rings (SSSR count). The molecule has 0 spiro atoms. The van der Waals surface area contributed by atoms with Crippen LogP contribution in [0.25, 0.3) is 0 Å². The van der Waals surface area contributed by atoms with Crippen LogP contribution in [0.15, 0.2) is 36.4 Å². The van der Waals surface area contributed by atoms with Crippen LogP contribution in [-0.4, -0.2) is 10.8 Å². The van der Waals surface area contributed by atoms with Crippen LogP contribution in [0.5, 0.6) is 0 Å². The van der Waals surface area contributed by atoms with Gasteiger partial charge in [0.15, 0.2) is 5.78 Å². The number of carbonyl (C=O) groups excluding carboxylic acids is 1. The van der Waals surface area contributed by atoms with Crippen molar-refractivity contribution in [3.63, 3.8) is 0 Å². The van der Waals surface area contributed by atoms with E-state index in [1.807, 2.05) is 0 Å². The summed E-state index contributed by atoms with van der Waals surface area (Å²) in [6.45, 7) is 3.54. The summed E-state index contributed by atoms with van der Waals surface area (Å²) >= 11 is 0. The van der Waals surface area contributed by atoms with Crippen molar-refractivity contribution >= 4 is 5.78 Å². The molecule has 0 aliphatic heterocycles. The third kappa shape index (κ3) is 3.90. The number of halogens is 3. The molecule has 0 unspecified atom stereocenters. The molecule has 0 saturated heterocycles. The number of ketones is 1. The highest BCUT2D eigenvalue weighted by molar-refractivity contribution is 5.97. The van der Waals surface area contributed by atoms with Gasteiger partial charge < -0.3 is 0 Å². The van der Waals surface area contributed by atoms with Gasteiger partial charge in [0.25, 0.3) is 0 Å². The number of nitrogens with zero attached hydrogens (tertiary/aromatic N) is 1. The summed E-state index contributed by atoms with van der Waals surface area (Å²) < 4.78 is 37.9. The second-order valence-electron chi connectivity index (χ2n) is 4.94. The van der Waals surface area contributed by atoms with Gasteiger partial charge in [-0.1, -0.05) is 18.2 Å². The standard InChI is InChI=1S/C16H14F3NO/c1-10-6-13(7-11(2)20-10)15(21)9-12-4-3-5-14(8-12)16(17,18)19/h3-8H,9H2,1-2H3. The average Bonchev–Trinajstić information content (AvgIpc) is 2.37. The van der Waals surface area contributed by atoms with Crippen LogP contribution >= 0.6 is 0 Å². The van der Waals surface area contributed by atoms with E-state index in [0.29, 0.717) is 22.5 Å². The van der Waals surface area contributed by atoms with Crippen LogP contribution in [0, 0.1) is 13.8 Å². The Balaban J connectivity index is 2.23. The van der Waals surface area contributed by atoms with Gasteiger partial charge in [0.05, 0.1) is 5.56 Å². The fourth-order valence-corrected chi connectivity index (χ4v) is 2.14. The van der Waals surface area contributed by atoms with Gasteiger partial charge in [-0.05, 0) is 37.6 Å². The predicted octanol–water partition coefficient (Wildman–Crippen LogP) is 4.14. The first kappa shape index (κ1) is 15.2. The summed E-state index contributed by atoms with van der Waals surface area (Å²) in [5, 5.41) is 0. The lowest BCUT2D eigenvalue weighted by atomic mass is 10.0. The summed E-state index contributed by atoms with van der Waals surface area (Å²) in [6, 6.07) is 8.13. The molecule has 1 aromatic heterocycles. The number of pyridine rings is 1. The average molecular weight is 293 g/mol. The zero-order valence-electron chi connectivity index (χ0n) is 11.7. The van der Waals surface area contributed by atoms with E-state index in [-0.39, 0.29) is 12.2 Å². The lowest BCUT2D eigenvalue weighted by Crippen LogP contribution is -2.08. The van der Waals surface area contributed by atoms with Crippen LogP contribution < -0.4 is 0 Å². The van der Waals surface area contributed by atoms with Crippen LogP contribution in [0.4, 0.5) is 13.2 Å². The van der Waals surface area contributed by atoms with E-state index in [0.717, 1.165) is 12.1 Å². The fraction of sp³-hybridized carbons (Fsp3) is 0.250. The number of rotatable bonds is 3. The van der Waals surface area contributed by atoms with Gasteiger partial charge in [-0.15, -0.1) is 0 Å². The minimum atomic E-state index is -4.40. The highest BCUT2D eigenvalue weighted by Gasteiger charge is 2.30. The summed E-state index contributed by atoms with van der Waals surface area (Å²) in [5.41, 5.74) is 1.50. The van der Waals surface area contributed by atoms with Crippen LogP contribution in [0.2, 0.25) is 0 Å². The van der Waals surface area contributed by atoms with Crippen molar-refractivity contribution in [2.24, 2.45) is 0 Å². The number of alkyl halides is 3. The molecule has 2 aromatic rings. The van der Waals surface area contributed by atoms with E-state index in [9.17, 15) is 18.0 Å². The number of aryl methyl sites for hydroxylation is 2. The SMILES string of the molecule is Cc1cc(C(=O)Cc2cccc(C(F)(F)F)c2)cc(C)n1. The quantitative estimate of drug-likeness (QED) is 0.796. The largest absolute Gasteiger partial charge is 0.416 e.